The highest BCUT2D eigenvalue weighted by atomic mass is 16.5. The number of ketones is 1. The molecule has 0 amide bonds. The maximum atomic E-state index is 12.6. The number of hydrogen-bond acceptors (Lipinski definition) is 7. The first-order valence-electron chi connectivity index (χ1n) is 14.8. The van der Waals surface area contributed by atoms with Crippen molar-refractivity contribution >= 4 is 22.4 Å². The van der Waals surface area contributed by atoms with Crippen LogP contribution < -0.4 is 20.3 Å². The second kappa shape index (κ2) is 13.7. The van der Waals surface area contributed by atoms with Gasteiger partial charge in [-0.2, -0.15) is 5.10 Å². The van der Waals surface area contributed by atoms with Gasteiger partial charge < -0.3 is 19.7 Å². The summed E-state index contributed by atoms with van der Waals surface area (Å²) in [4.78, 5) is 26.9. The largest absolute Gasteiger partial charge is 0.485 e. The first-order valence-corrected chi connectivity index (χ1v) is 14.8. The average Bonchev–Trinajstić information content (AvgIpc) is 3.07. The van der Waals surface area contributed by atoms with Gasteiger partial charge in [-0.15, -0.1) is 0 Å². The van der Waals surface area contributed by atoms with Crippen LogP contribution >= 0.6 is 0 Å². The first kappa shape index (κ1) is 28.7. The number of aromatic nitrogens is 2. The minimum absolute atomic E-state index is 0.0874. The number of H-pyrrole nitrogens is 1. The van der Waals surface area contributed by atoms with Gasteiger partial charge in [0.2, 0.25) is 0 Å². The Hall–Kier alpha value is -5.37. The molecule has 8 heteroatoms. The highest BCUT2D eigenvalue weighted by molar-refractivity contribution is 5.91. The van der Waals surface area contributed by atoms with Crippen LogP contribution in [-0.2, 0) is 18.0 Å². The summed E-state index contributed by atoms with van der Waals surface area (Å²) >= 11 is 0. The molecule has 1 aliphatic heterocycles. The average molecular weight is 587 g/mol. The first-order chi connectivity index (χ1) is 21.6. The lowest BCUT2D eigenvalue weighted by Gasteiger charge is -2.33. The van der Waals surface area contributed by atoms with E-state index < -0.39 is 0 Å². The number of fused-ring (bicyclic) bond motifs is 1. The molecule has 222 valence electrons. The molecule has 4 aromatic carbocycles. The summed E-state index contributed by atoms with van der Waals surface area (Å²) < 4.78 is 12.5. The van der Waals surface area contributed by atoms with E-state index in [9.17, 15) is 9.59 Å². The number of rotatable bonds is 12. The number of nitrogens with one attached hydrogen (secondary N) is 2. The van der Waals surface area contributed by atoms with Gasteiger partial charge in [0, 0.05) is 31.1 Å². The Bertz CT molecular complexity index is 1800. The van der Waals surface area contributed by atoms with Crippen molar-refractivity contribution in [2.45, 2.75) is 32.1 Å². The van der Waals surface area contributed by atoms with Gasteiger partial charge >= 0.3 is 0 Å². The maximum Gasteiger partial charge on any atom is 0.272 e. The Morgan fingerprint density at radius 1 is 0.795 bits per heavy atom. The van der Waals surface area contributed by atoms with E-state index in [1.165, 1.54) is 0 Å². The summed E-state index contributed by atoms with van der Waals surface area (Å²) in [5, 5.41) is 11.5. The SMILES string of the molecule is O=C1C=CN(CCCNc2n[nH]c(=O)c3ccccc23)C(c2ccc(OCc3ccccc3)c(OCc3ccccc3)c2)C1. The van der Waals surface area contributed by atoms with E-state index in [0.29, 0.717) is 48.9 Å². The molecule has 0 spiro atoms. The van der Waals surface area contributed by atoms with Gasteiger partial charge in [-0.25, -0.2) is 5.10 Å². The Balaban J connectivity index is 1.17. The zero-order valence-corrected chi connectivity index (χ0v) is 24.3. The lowest BCUT2D eigenvalue weighted by molar-refractivity contribution is -0.116. The summed E-state index contributed by atoms with van der Waals surface area (Å²) in [7, 11) is 0. The molecule has 44 heavy (non-hydrogen) atoms. The second-order valence-corrected chi connectivity index (χ2v) is 10.7. The maximum absolute atomic E-state index is 12.6. The summed E-state index contributed by atoms with van der Waals surface area (Å²) in [5.74, 6) is 2.03. The fourth-order valence-electron chi connectivity index (χ4n) is 5.35. The minimum Gasteiger partial charge on any atom is -0.485 e. The van der Waals surface area contributed by atoms with Crippen LogP contribution in [0, 0.1) is 0 Å². The fraction of sp³-hybridized carbons (Fsp3) is 0.194. The summed E-state index contributed by atoms with van der Waals surface area (Å²) in [6.45, 7) is 2.18. The Kier molecular flexibility index (Phi) is 8.97. The van der Waals surface area contributed by atoms with Gasteiger partial charge in [-0.05, 0) is 47.4 Å². The van der Waals surface area contributed by atoms with Gasteiger partial charge in [-0.3, -0.25) is 9.59 Å². The van der Waals surface area contributed by atoms with Gasteiger partial charge in [0.1, 0.15) is 13.2 Å². The fourth-order valence-corrected chi connectivity index (χ4v) is 5.35. The van der Waals surface area contributed by atoms with Crippen molar-refractivity contribution < 1.29 is 14.3 Å². The van der Waals surface area contributed by atoms with Crippen molar-refractivity contribution in [1.82, 2.24) is 15.1 Å². The van der Waals surface area contributed by atoms with E-state index in [1.807, 2.05) is 103 Å². The van der Waals surface area contributed by atoms with Crippen molar-refractivity contribution in [3.63, 3.8) is 0 Å². The van der Waals surface area contributed by atoms with E-state index >= 15 is 0 Å². The van der Waals surface area contributed by atoms with Gasteiger partial charge in [0.25, 0.3) is 5.56 Å². The molecule has 1 atom stereocenters. The van der Waals surface area contributed by atoms with Crippen LogP contribution in [0.5, 0.6) is 11.5 Å². The third-order valence-electron chi connectivity index (χ3n) is 7.66. The van der Waals surface area contributed by atoms with Crippen molar-refractivity contribution in [2.75, 3.05) is 18.4 Å². The monoisotopic (exact) mass is 586 g/mol. The molecular formula is C36H34N4O4. The molecule has 1 aliphatic rings. The van der Waals surface area contributed by atoms with E-state index in [2.05, 4.69) is 20.4 Å². The van der Waals surface area contributed by atoms with Gasteiger partial charge in [-0.1, -0.05) is 84.9 Å². The number of anilines is 1. The predicted molar refractivity (Wildman–Crippen MR) is 172 cm³/mol. The number of benzene rings is 4. The number of ether oxygens (including phenoxy) is 2. The topological polar surface area (TPSA) is 96.6 Å². The highest BCUT2D eigenvalue weighted by Gasteiger charge is 2.25. The highest BCUT2D eigenvalue weighted by Crippen LogP contribution is 2.36. The van der Waals surface area contributed by atoms with Gasteiger partial charge in [0.15, 0.2) is 23.1 Å². The molecule has 6 rings (SSSR count). The second-order valence-electron chi connectivity index (χ2n) is 10.7. The van der Waals surface area contributed by atoms with Crippen molar-refractivity contribution in [2.24, 2.45) is 0 Å². The third kappa shape index (κ3) is 6.98. The van der Waals surface area contributed by atoms with Crippen LogP contribution in [0.3, 0.4) is 0 Å². The van der Waals surface area contributed by atoms with E-state index in [0.717, 1.165) is 35.0 Å². The predicted octanol–water partition coefficient (Wildman–Crippen LogP) is 6.41. The molecule has 2 N–H and O–H groups in total. The zero-order chi connectivity index (χ0) is 30.1. The molecule has 5 aromatic rings. The van der Waals surface area contributed by atoms with Crippen molar-refractivity contribution in [3.8, 4) is 11.5 Å². The van der Waals surface area contributed by atoms with Crippen LogP contribution in [0.15, 0.2) is 120 Å². The normalized spacial score (nSPS) is 14.5. The van der Waals surface area contributed by atoms with Crippen LogP contribution in [0.4, 0.5) is 5.82 Å². The number of carbonyl (C=O) groups excluding carboxylic acids is 1. The number of aromatic amines is 1. The molecule has 1 aromatic heterocycles. The smallest absolute Gasteiger partial charge is 0.272 e. The molecule has 0 aliphatic carbocycles. The molecule has 8 nitrogen and oxygen atoms in total. The third-order valence-corrected chi connectivity index (χ3v) is 7.66. The van der Waals surface area contributed by atoms with E-state index in [-0.39, 0.29) is 17.4 Å². The summed E-state index contributed by atoms with van der Waals surface area (Å²) in [6.07, 6.45) is 4.69. The number of hydrogen-bond donors (Lipinski definition) is 2. The molecule has 0 radical (unpaired) electrons. The van der Waals surface area contributed by atoms with Gasteiger partial charge in [0.05, 0.1) is 11.4 Å². The molecule has 2 heterocycles. The Morgan fingerprint density at radius 2 is 1.45 bits per heavy atom. The van der Waals surface area contributed by atoms with E-state index in [4.69, 9.17) is 9.47 Å². The molecule has 0 fully saturated rings. The molecule has 0 bridgehead atoms. The molecule has 0 saturated heterocycles. The number of allylic oxidation sites excluding steroid dienone is 1. The van der Waals surface area contributed by atoms with Crippen LogP contribution in [0.2, 0.25) is 0 Å². The van der Waals surface area contributed by atoms with Crippen LogP contribution in [-0.4, -0.2) is 34.0 Å². The Morgan fingerprint density at radius 3 is 2.18 bits per heavy atom. The van der Waals surface area contributed by atoms with Crippen LogP contribution in [0.25, 0.3) is 10.8 Å². The number of nitrogens with zero attached hydrogens (tertiary/aromatic N) is 2. The summed E-state index contributed by atoms with van der Waals surface area (Å²) in [6, 6.07) is 33.3. The standard InChI is InChI=1S/C36H34N4O4/c41-29-18-21-40(20-9-19-37-35-30-14-7-8-15-31(30)36(42)39-38-35)32(23-29)28-16-17-33(43-24-26-10-3-1-4-11-26)34(22-28)44-25-27-12-5-2-6-13-27/h1-8,10-18,21-22,32H,9,19-20,23-25H2,(H,37,38)(H,39,42). The van der Waals surface area contributed by atoms with Crippen molar-refractivity contribution in [1.29, 1.82) is 0 Å². The molecule has 0 saturated carbocycles. The van der Waals surface area contributed by atoms with E-state index in [1.54, 1.807) is 12.1 Å². The van der Waals surface area contributed by atoms with Crippen LogP contribution in [0.1, 0.15) is 35.6 Å². The minimum atomic E-state index is -0.208. The van der Waals surface area contributed by atoms with Crippen molar-refractivity contribution in [3.05, 3.63) is 142 Å². The zero-order valence-electron chi connectivity index (χ0n) is 24.3. The number of carbonyl (C=O) groups is 1. The lowest BCUT2D eigenvalue weighted by atomic mass is 9.96. The molecule has 1 unspecified atom stereocenters. The lowest BCUT2D eigenvalue weighted by Crippen LogP contribution is -2.31. The quantitative estimate of drug-likeness (QED) is 0.163. The molecular weight excluding hydrogens is 552 g/mol. The Labute approximate surface area is 256 Å². The summed E-state index contributed by atoms with van der Waals surface area (Å²) in [5.41, 5.74) is 2.90.